The number of hydrogen-bond acceptors (Lipinski definition) is 5. The molecule has 3 rings (SSSR count). The number of amides is 1. The Morgan fingerprint density at radius 1 is 1.29 bits per heavy atom. The van der Waals surface area contributed by atoms with Gasteiger partial charge in [0.1, 0.15) is 0 Å². The number of nitrogens with zero attached hydrogens (tertiary/aromatic N) is 3. The van der Waals surface area contributed by atoms with Gasteiger partial charge in [-0.3, -0.25) is 19.5 Å². The lowest BCUT2D eigenvalue weighted by molar-refractivity contribution is -0.387. The molecule has 0 saturated heterocycles. The Balaban J connectivity index is 1.80. The Bertz CT molecular complexity index is 1060. The van der Waals surface area contributed by atoms with Gasteiger partial charge in [-0.15, -0.1) is 0 Å². The molecule has 1 unspecified atom stereocenters. The molecule has 3 aromatic rings. The number of thioether (sulfide) groups is 1. The lowest BCUT2D eigenvalue weighted by Crippen LogP contribution is -2.23. The number of carbonyl (C=O) groups is 1. The van der Waals surface area contributed by atoms with Crippen LogP contribution in [0.15, 0.2) is 47.6 Å². The number of fused-ring (bicyclic) bond motifs is 1. The van der Waals surface area contributed by atoms with E-state index < -0.39 is 34.1 Å². The number of nitrogens with one attached hydrogen (secondary N) is 1. The summed E-state index contributed by atoms with van der Waals surface area (Å²) in [4.78, 5) is 26.4. The second kappa shape index (κ2) is 7.89. The van der Waals surface area contributed by atoms with E-state index in [0.717, 1.165) is 28.5 Å². The van der Waals surface area contributed by atoms with Gasteiger partial charge < -0.3 is 5.32 Å². The summed E-state index contributed by atoms with van der Waals surface area (Å²) in [6.07, 6.45) is 0. The minimum Gasteiger partial charge on any atom is -0.325 e. The van der Waals surface area contributed by atoms with Crippen LogP contribution in [0.3, 0.4) is 0 Å². The molecular weight excluding hydrogens is 397 g/mol. The van der Waals surface area contributed by atoms with Crippen LogP contribution in [0.4, 0.5) is 24.5 Å². The molecule has 0 radical (unpaired) electrons. The molecule has 1 heterocycles. The Morgan fingerprint density at radius 3 is 2.68 bits per heavy atom. The van der Waals surface area contributed by atoms with Crippen molar-refractivity contribution in [3.8, 4) is 0 Å². The van der Waals surface area contributed by atoms with E-state index in [2.05, 4.69) is 10.3 Å². The molecule has 0 bridgehead atoms. The smallest absolute Gasteiger partial charge is 0.321 e. The topological polar surface area (TPSA) is 90.1 Å². The Hall–Kier alpha value is -3.08. The van der Waals surface area contributed by atoms with Crippen LogP contribution in [0.2, 0.25) is 0 Å². The highest BCUT2D eigenvalue weighted by Gasteiger charge is 2.23. The number of nitro groups is 1. The van der Waals surface area contributed by atoms with Crippen molar-refractivity contribution in [1.29, 1.82) is 0 Å². The van der Waals surface area contributed by atoms with Gasteiger partial charge in [-0.25, -0.2) is 4.98 Å². The van der Waals surface area contributed by atoms with Crippen LogP contribution in [-0.4, -0.2) is 25.6 Å². The molecule has 0 saturated carbocycles. The average Bonchev–Trinajstić information content (AvgIpc) is 3.00. The number of carbonyl (C=O) groups excluding carboxylic acids is 1. The van der Waals surface area contributed by atoms with E-state index in [0.29, 0.717) is 5.52 Å². The number of rotatable bonds is 6. The fourth-order valence-corrected chi connectivity index (χ4v) is 3.40. The third-order valence-corrected chi connectivity index (χ3v) is 4.89. The molecule has 0 aliphatic rings. The van der Waals surface area contributed by atoms with Gasteiger partial charge in [0, 0.05) is 11.8 Å². The maximum Gasteiger partial charge on any atom is 0.321 e. The van der Waals surface area contributed by atoms with Crippen LogP contribution in [0.1, 0.15) is 13.5 Å². The third kappa shape index (κ3) is 3.93. The maximum atomic E-state index is 13.5. The first kappa shape index (κ1) is 19.7. The molecule has 1 aromatic heterocycles. The Kier molecular flexibility index (Phi) is 5.54. The number of aromatic nitrogens is 2. The molecule has 0 fully saturated rings. The second-order valence-electron chi connectivity index (χ2n) is 5.70. The van der Waals surface area contributed by atoms with Crippen molar-refractivity contribution in [3.63, 3.8) is 0 Å². The first-order valence-corrected chi connectivity index (χ1v) is 8.82. The van der Waals surface area contributed by atoms with Crippen LogP contribution < -0.4 is 5.32 Å². The molecule has 1 N–H and O–H groups in total. The van der Waals surface area contributed by atoms with Crippen LogP contribution >= 0.6 is 11.8 Å². The lowest BCUT2D eigenvalue weighted by atomic mass is 10.2. The van der Waals surface area contributed by atoms with Crippen molar-refractivity contribution in [1.82, 2.24) is 9.55 Å². The monoisotopic (exact) mass is 410 g/mol. The first-order valence-electron chi connectivity index (χ1n) is 7.94. The van der Waals surface area contributed by atoms with Crippen molar-refractivity contribution in [2.45, 2.75) is 23.9 Å². The molecule has 0 spiro atoms. The number of halogens is 3. The fourth-order valence-electron chi connectivity index (χ4n) is 2.48. The zero-order chi connectivity index (χ0) is 20.4. The largest absolute Gasteiger partial charge is 0.325 e. The number of imidazole rings is 1. The molecule has 28 heavy (non-hydrogen) atoms. The summed E-state index contributed by atoms with van der Waals surface area (Å²) in [6, 6.07) is 9.28. The lowest BCUT2D eigenvalue weighted by Gasteiger charge is -2.13. The molecule has 0 aliphatic heterocycles. The van der Waals surface area contributed by atoms with Crippen LogP contribution in [0.5, 0.6) is 0 Å². The molecule has 2 aromatic carbocycles. The van der Waals surface area contributed by atoms with Crippen molar-refractivity contribution in [2.24, 2.45) is 0 Å². The van der Waals surface area contributed by atoms with Crippen molar-refractivity contribution < 1.29 is 22.9 Å². The first-order chi connectivity index (χ1) is 13.3. The fraction of sp³-hybridized carbons (Fsp3) is 0.176. The van der Waals surface area contributed by atoms with Gasteiger partial charge in [-0.2, -0.15) is 13.2 Å². The van der Waals surface area contributed by atoms with E-state index in [-0.39, 0.29) is 16.4 Å². The molecule has 7 nitrogen and oxygen atoms in total. The van der Waals surface area contributed by atoms with E-state index in [4.69, 9.17) is 0 Å². The summed E-state index contributed by atoms with van der Waals surface area (Å²) in [6.45, 7) is -1.36. The molecular formula is C17H13F3N4O3S. The van der Waals surface area contributed by atoms with E-state index in [1.54, 1.807) is 18.2 Å². The van der Waals surface area contributed by atoms with E-state index >= 15 is 0 Å². The predicted molar refractivity (Wildman–Crippen MR) is 98.0 cm³/mol. The molecule has 1 amide bonds. The van der Waals surface area contributed by atoms with Crippen molar-refractivity contribution in [3.05, 3.63) is 58.4 Å². The quantitative estimate of drug-likeness (QED) is 0.364. The molecule has 11 heteroatoms. The minimum atomic E-state index is -2.84. The van der Waals surface area contributed by atoms with Crippen molar-refractivity contribution >= 4 is 40.1 Å². The van der Waals surface area contributed by atoms with E-state index in [1.807, 2.05) is 0 Å². The van der Waals surface area contributed by atoms with Gasteiger partial charge in [0.25, 0.3) is 0 Å². The van der Waals surface area contributed by atoms with Gasteiger partial charge in [-0.1, -0.05) is 23.9 Å². The number of hydrogen-bond donors (Lipinski definition) is 1. The van der Waals surface area contributed by atoms with Crippen molar-refractivity contribution in [2.75, 3.05) is 5.32 Å². The number of alkyl halides is 2. The number of para-hydroxylation sites is 2. The summed E-state index contributed by atoms with van der Waals surface area (Å²) in [5.41, 5.74) is -0.153. The summed E-state index contributed by atoms with van der Waals surface area (Å²) < 4.78 is 41.0. The summed E-state index contributed by atoms with van der Waals surface area (Å²) in [7, 11) is 0. The predicted octanol–water partition coefficient (Wildman–Crippen LogP) is 4.60. The summed E-state index contributed by atoms with van der Waals surface area (Å²) in [5, 5.41) is 12.3. The number of benzene rings is 2. The highest BCUT2D eigenvalue weighted by atomic mass is 32.2. The molecule has 0 aliphatic carbocycles. The molecule has 1 atom stereocenters. The van der Waals surface area contributed by atoms with Crippen LogP contribution in [-0.2, 0) is 4.79 Å². The van der Waals surface area contributed by atoms with Gasteiger partial charge in [0.05, 0.1) is 21.2 Å². The summed E-state index contributed by atoms with van der Waals surface area (Å²) >= 11 is 0.817. The van der Waals surface area contributed by atoms with E-state index in [9.17, 15) is 28.1 Å². The number of anilines is 1. The number of nitro benzene ring substituents is 1. The second-order valence-corrected chi connectivity index (χ2v) is 7.01. The zero-order valence-electron chi connectivity index (χ0n) is 14.3. The average molecular weight is 410 g/mol. The Labute approximate surface area is 160 Å². The minimum absolute atomic E-state index is 0.0212. The molecule has 146 valence electrons. The SMILES string of the molecule is CC(Sc1nc2ccccc2n1C(F)F)C(=O)Nc1ccc(F)c([N+](=O)[O-])c1. The highest BCUT2D eigenvalue weighted by molar-refractivity contribution is 8.00. The normalized spacial score (nSPS) is 12.3. The van der Waals surface area contributed by atoms with Gasteiger partial charge >= 0.3 is 12.2 Å². The van der Waals surface area contributed by atoms with Gasteiger partial charge in [-0.05, 0) is 31.2 Å². The van der Waals surface area contributed by atoms with Gasteiger partial charge in [0.2, 0.25) is 11.7 Å². The highest BCUT2D eigenvalue weighted by Crippen LogP contribution is 2.32. The maximum absolute atomic E-state index is 13.5. The summed E-state index contributed by atoms with van der Waals surface area (Å²) in [5.74, 6) is -1.63. The standard InChI is InChI=1S/C17H13F3N4O3S/c1-9(15(25)21-10-6-7-11(18)14(8-10)24(26)27)28-17-22-12-4-2-3-5-13(12)23(17)16(19)20/h2-9,16H,1H3,(H,21,25). The zero-order valence-corrected chi connectivity index (χ0v) is 15.1. The van der Waals surface area contributed by atoms with Crippen LogP contribution in [0, 0.1) is 15.9 Å². The van der Waals surface area contributed by atoms with Crippen LogP contribution in [0.25, 0.3) is 11.0 Å². The third-order valence-electron chi connectivity index (χ3n) is 3.82. The van der Waals surface area contributed by atoms with Gasteiger partial charge in [0.15, 0.2) is 5.16 Å². The Morgan fingerprint density at radius 2 is 2.00 bits per heavy atom. The van der Waals surface area contributed by atoms with E-state index in [1.165, 1.54) is 19.1 Å².